The van der Waals surface area contributed by atoms with Crippen molar-refractivity contribution >= 4 is 6.41 Å². The Labute approximate surface area is 79.7 Å². The van der Waals surface area contributed by atoms with Crippen LogP contribution in [-0.4, -0.2) is 23.2 Å². The van der Waals surface area contributed by atoms with Gasteiger partial charge < -0.3 is 0 Å². The highest BCUT2D eigenvalue weighted by Crippen LogP contribution is 2.30. The Morgan fingerprint density at radius 2 is 2.15 bits per heavy atom. The van der Waals surface area contributed by atoms with Gasteiger partial charge in [-0.15, -0.1) is 0 Å². The van der Waals surface area contributed by atoms with Crippen LogP contribution in [0.3, 0.4) is 0 Å². The first-order chi connectivity index (χ1) is 6.22. The number of carbonyl (C=O) groups excluding carboxylic acids is 1. The predicted octanol–water partition coefficient (Wildman–Crippen LogP) is 2.05. The summed E-state index contributed by atoms with van der Waals surface area (Å²) in [5.74, 6) is 1.24. The van der Waals surface area contributed by atoms with E-state index >= 15 is 0 Å². The minimum atomic E-state index is 0.415. The lowest BCUT2D eigenvalue weighted by atomic mass is 9.94. The van der Waals surface area contributed by atoms with Crippen LogP contribution in [0.4, 0.5) is 0 Å². The highest BCUT2D eigenvalue weighted by atomic mass is 16.5. The van der Waals surface area contributed by atoms with Crippen molar-refractivity contribution < 1.29 is 10.0 Å². The molecule has 1 saturated carbocycles. The van der Waals surface area contributed by atoms with Gasteiger partial charge in [-0.3, -0.25) is 10.0 Å². The Hall–Kier alpha value is -0.570. The maximum absolute atomic E-state index is 10.2. The molecule has 1 unspecified atom stereocenters. The van der Waals surface area contributed by atoms with Gasteiger partial charge in [-0.1, -0.05) is 32.6 Å². The molecule has 1 fully saturated rings. The molecule has 1 aliphatic rings. The van der Waals surface area contributed by atoms with Crippen molar-refractivity contribution in [1.82, 2.24) is 5.06 Å². The molecule has 1 atom stereocenters. The van der Waals surface area contributed by atoms with Crippen LogP contribution in [0.15, 0.2) is 0 Å². The molecule has 13 heavy (non-hydrogen) atoms. The standard InChI is InChI=1S/C10H19NO2/c1-9(7-11(13)8-12)6-10-4-2-3-5-10/h8-10,13H,2-7H2,1H3. The van der Waals surface area contributed by atoms with Gasteiger partial charge >= 0.3 is 0 Å². The molecular formula is C10H19NO2. The van der Waals surface area contributed by atoms with Gasteiger partial charge in [-0.25, -0.2) is 5.06 Å². The summed E-state index contributed by atoms with van der Waals surface area (Å²) in [5.41, 5.74) is 0. The summed E-state index contributed by atoms with van der Waals surface area (Å²) >= 11 is 0. The topological polar surface area (TPSA) is 40.5 Å². The first-order valence-corrected chi connectivity index (χ1v) is 5.13. The summed E-state index contributed by atoms with van der Waals surface area (Å²) in [6, 6.07) is 0. The van der Waals surface area contributed by atoms with Crippen LogP contribution in [0.1, 0.15) is 39.0 Å². The molecular weight excluding hydrogens is 166 g/mol. The van der Waals surface area contributed by atoms with Gasteiger partial charge in [0.2, 0.25) is 6.41 Å². The molecule has 0 saturated heterocycles. The van der Waals surface area contributed by atoms with Gasteiger partial charge in [0.15, 0.2) is 0 Å². The third-order valence-electron chi connectivity index (χ3n) is 2.83. The Morgan fingerprint density at radius 3 is 2.69 bits per heavy atom. The SMILES string of the molecule is CC(CC1CCCC1)CN(O)C=O. The number of amides is 1. The molecule has 3 nitrogen and oxygen atoms in total. The summed E-state index contributed by atoms with van der Waals surface area (Å²) in [6.45, 7) is 2.56. The third-order valence-corrected chi connectivity index (χ3v) is 2.83. The molecule has 0 aromatic carbocycles. The Balaban J connectivity index is 2.15. The van der Waals surface area contributed by atoms with Crippen LogP contribution in [0.25, 0.3) is 0 Å². The van der Waals surface area contributed by atoms with E-state index in [9.17, 15) is 4.79 Å². The van der Waals surface area contributed by atoms with Gasteiger partial charge in [0.25, 0.3) is 0 Å². The molecule has 0 aromatic rings. The zero-order valence-corrected chi connectivity index (χ0v) is 8.28. The van der Waals surface area contributed by atoms with Crippen molar-refractivity contribution in [2.75, 3.05) is 6.54 Å². The maximum atomic E-state index is 10.2. The molecule has 1 aliphatic carbocycles. The van der Waals surface area contributed by atoms with E-state index in [1.54, 1.807) is 0 Å². The number of hydroxylamine groups is 2. The maximum Gasteiger partial charge on any atom is 0.233 e. The van der Waals surface area contributed by atoms with Gasteiger partial charge in [-0.2, -0.15) is 0 Å². The van der Waals surface area contributed by atoms with E-state index in [2.05, 4.69) is 6.92 Å². The highest BCUT2D eigenvalue weighted by Gasteiger charge is 2.18. The molecule has 0 bridgehead atoms. The molecule has 1 rings (SSSR count). The van der Waals surface area contributed by atoms with Crippen molar-refractivity contribution in [2.24, 2.45) is 11.8 Å². The number of hydrogen-bond acceptors (Lipinski definition) is 2. The fourth-order valence-electron chi connectivity index (χ4n) is 2.25. The van der Waals surface area contributed by atoms with Crippen molar-refractivity contribution in [3.8, 4) is 0 Å². The number of rotatable bonds is 5. The molecule has 0 spiro atoms. The number of hydrogen-bond donors (Lipinski definition) is 1. The number of carbonyl (C=O) groups is 1. The lowest BCUT2D eigenvalue weighted by Crippen LogP contribution is -2.24. The lowest BCUT2D eigenvalue weighted by Gasteiger charge is -2.18. The first kappa shape index (κ1) is 10.5. The second kappa shape index (κ2) is 5.22. The largest absolute Gasteiger partial charge is 0.286 e. The molecule has 3 heteroatoms. The average molecular weight is 185 g/mol. The Kier molecular flexibility index (Phi) is 4.22. The zero-order valence-electron chi connectivity index (χ0n) is 8.28. The van der Waals surface area contributed by atoms with Gasteiger partial charge in [-0.05, 0) is 18.3 Å². The Morgan fingerprint density at radius 1 is 1.54 bits per heavy atom. The van der Waals surface area contributed by atoms with E-state index in [4.69, 9.17) is 5.21 Å². The summed E-state index contributed by atoms with van der Waals surface area (Å²) in [5, 5.41) is 9.72. The van der Waals surface area contributed by atoms with Crippen LogP contribution >= 0.6 is 0 Å². The second-order valence-electron chi connectivity index (χ2n) is 4.22. The molecule has 0 radical (unpaired) electrons. The molecule has 76 valence electrons. The summed E-state index contributed by atoms with van der Waals surface area (Å²) in [6.07, 6.45) is 6.99. The summed E-state index contributed by atoms with van der Waals surface area (Å²) < 4.78 is 0. The average Bonchev–Trinajstić information content (AvgIpc) is 2.56. The van der Waals surface area contributed by atoms with E-state index in [0.29, 0.717) is 18.9 Å². The second-order valence-corrected chi connectivity index (χ2v) is 4.22. The molecule has 0 aliphatic heterocycles. The van der Waals surface area contributed by atoms with Gasteiger partial charge in [0.05, 0.1) is 6.54 Å². The fourth-order valence-corrected chi connectivity index (χ4v) is 2.25. The molecule has 0 aromatic heterocycles. The van der Waals surface area contributed by atoms with Crippen molar-refractivity contribution in [1.29, 1.82) is 0 Å². The van der Waals surface area contributed by atoms with Crippen LogP contribution in [0, 0.1) is 11.8 Å². The van der Waals surface area contributed by atoms with E-state index in [0.717, 1.165) is 17.4 Å². The smallest absolute Gasteiger partial charge is 0.233 e. The van der Waals surface area contributed by atoms with Crippen molar-refractivity contribution in [2.45, 2.75) is 39.0 Å². The monoisotopic (exact) mass is 185 g/mol. The molecule has 1 amide bonds. The van der Waals surface area contributed by atoms with E-state index in [1.165, 1.54) is 25.7 Å². The van der Waals surface area contributed by atoms with E-state index in [1.807, 2.05) is 0 Å². The molecule has 1 N–H and O–H groups in total. The van der Waals surface area contributed by atoms with Crippen LogP contribution < -0.4 is 0 Å². The zero-order chi connectivity index (χ0) is 9.68. The first-order valence-electron chi connectivity index (χ1n) is 5.13. The van der Waals surface area contributed by atoms with Crippen LogP contribution in [0.2, 0.25) is 0 Å². The van der Waals surface area contributed by atoms with Crippen LogP contribution in [0.5, 0.6) is 0 Å². The van der Waals surface area contributed by atoms with Crippen molar-refractivity contribution in [3.63, 3.8) is 0 Å². The summed E-state index contributed by atoms with van der Waals surface area (Å²) in [7, 11) is 0. The van der Waals surface area contributed by atoms with Gasteiger partial charge in [0.1, 0.15) is 0 Å². The molecule has 0 heterocycles. The fraction of sp³-hybridized carbons (Fsp3) is 0.900. The van der Waals surface area contributed by atoms with Gasteiger partial charge in [0, 0.05) is 0 Å². The quantitative estimate of drug-likeness (QED) is 0.404. The highest BCUT2D eigenvalue weighted by molar-refractivity contribution is 5.44. The van der Waals surface area contributed by atoms with E-state index in [-0.39, 0.29) is 0 Å². The lowest BCUT2D eigenvalue weighted by molar-refractivity contribution is -0.152. The predicted molar refractivity (Wildman–Crippen MR) is 50.3 cm³/mol. The third kappa shape index (κ3) is 3.77. The minimum absolute atomic E-state index is 0.415. The van der Waals surface area contributed by atoms with Crippen molar-refractivity contribution in [3.05, 3.63) is 0 Å². The van der Waals surface area contributed by atoms with E-state index < -0.39 is 0 Å². The normalized spacial score (nSPS) is 20.2. The minimum Gasteiger partial charge on any atom is -0.286 e. The Bertz CT molecular complexity index is 155. The summed E-state index contributed by atoms with van der Waals surface area (Å²) in [4.78, 5) is 10.2. The number of nitrogens with zero attached hydrogens (tertiary/aromatic N) is 1. The van der Waals surface area contributed by atoms with Crippen LogP contribution in [-0.2, 0) is 4.79 Å².